The zero-order valence-electron chi connectivity index (χ0n) is 9.95. The minimum absolute atomic E-state index is 0.0937. The van der Waals surface area contributed by atoms with Gasteiger partial charge in [0.1, 0.15) is 5.82 Å². The number of ether oxygens (including phenoxy) is 1. The summed E-state index contributed by atoms with van der Waals surface area (Å²) in [5.41, 5.74) is 0. The number of hydrogen-bond donors (Lipinski definition) is 0. The summed E-state index contributed by atoms with van der Waals surface area (Å²) in [7, 11) is 0. The minimum atomic E-state index is -0.316. The molecule has 3 fully saturated rings. The number of halogens is 1. The maximum absolute atomic E-state index is 12.4. The first-order chi connectivity index (χ1) is 9.16. The Bertz CT molecular complexity index is 546. The van der Waals surface area contributed by atoms with Crippen LogP contribution in [0.25, 0.3) is 0 Å². The first-order valence-corrected chi connectivity index (χ1v) is 6.69. The summed E-state index contributed by atoms with van der Waals surface area (Å²) in [5, 5.41) is 0.478. The Hall–Kier alpha value is -1.46. The van der Waals surface area contributed by atoms with Crippen LogP contribution in [0.2, 0.25) is 5.02 Å². The van der Waals surface area contributed by atoms with Gasteiger partial charge in [-0.15, -0.1) is 0 Å². The molecule has 0 spiro atoms. The normalized spacial score (nSPS) is 36.2. The van der Waals surface area contributed by atoms with Gasteiger partial charge < -0.3 is 4.74 Å². The fourth-order valence-corrected chi connectivity index (χ4v) is 3.55. The molecule has 1 aromatic rings. The molecule has 0 unspecified atom stereocenters. The second-order valence-corrected chi connectivity index (χ2v) is 5.62. The molecule has 0 N–H and O–H groups in total. The van der Waals surface area contributed by atoms with Crippen molar-refractivity contribution in [3.63, 3.8) is 0 Å². The van der Waals surface area contributed by atoms with Gasteiger partial charge in [0.15, 0.2) is 0 Å². The Balaban J connectivity index is 1.73. The summed E-state index contributed by atoms with van der Waals surface area (Å²) >= 11 is 5.77. The monoisotopic (exact) mass is 278 g/mol. The van der Waals surface area contributed by atoms with E-state index in [1.807, 2.05) is 0 Å². The summed E-state index contributed by atoms with van der Waals surface area (Å²) in [6.07, 6.45) is 2.99. The number of pyridine rings is 1. The highest BCUT2D eigenvalue weighted by atomic mass is 35.5. The van der Waals surface area contributed by atoms with Gasteiger partial charge in [0.2, 0.25) is 11.8 Å². The molecule has 0 aromatic carbocycles. The molecule has 4 atom stereocenters. The Morgan fingerprint density at radius 3 is 2.32 bits per heavy atom. The maximum Gasteiger partial charge on any atom is 0.241 e. The number of aromatic nitrogens is 1. The van der Waals surface area contributed by atoms with Crippen molar-refractivity contribution < 1.29 is 14.3 Å². The molecule has 4 rings (SSSR count). The highest BCUT2D eigenvalue weighted by Crippen LogP contribution is 2.49. The van der Waals surface area contributed by atoms with Crippen molar-refractivity contribution in [3.05, 3.63) is 23.4 Å². The SMILES string of the molecule is O=C1[C@@H]2[C@H](C(=O)N1c1ccc(Cl)cn1)[C@@H]1CC[C@H]2O1. The van der Waals surface area contributed by atoms with E-state index in [0.717, 1.165) is 12.8 Å². The minimum Gasteiger partial charge on any atom is -0.373 e. The molecule has 5 nitrogen and oxygen atoms in total. The van der Waals surface area contributed by atoms with E-state index in [1.165, 1.54) is 11.1 Å². The molecular weight excluding hydrogens is 268 g/mol. The molecule has 6 heteroatoms. The third-order valence-corrected chi connectivity index (χ3v) is 4.45. The third-order valence-electron chi connectivity index (χ3n) is 4.23. The van der Waals surface area contributed by atoms with Crippen molar-refractivity contribution in [2.45, 2.75) is 25.0 Å². The molecule has 3 saturated heterocycles. The molecule has 98 valence electrons. The van der Waals surface area contributed by atoms with E-state index in [9.17, 15) is 9.59 Å². The Labute approximate surface area is 114 Å². The topological polar surface area (TPSA) is 59.5 Å². The smallest absolute Gasteiger partial charge is 0.241 e. The van der Waals surface area contributed by atoms with E-state index < -0.39 is 0 Å². The summed E-state index contributed by atoms with van der Waals surface area (Å²) in [6.45, 7) is 0. The van der Waals surface area contributed by atoms with Crippen LogP contribution >= 0.6 is 11.6 Å². The lowest BCUT2D eigenvalue weighted by Gasteiger charge is -2.16. The first kappa shape index (κ1) is 11.4. The van der Waals surface area contributed by atoms with E-state index >= 15 is 0 Å². The Kier molecular flexibility index (Phi) is 2.26. The molecule has 19 heavy (non-hydrogen) atoms. The Morgan fingerprint density at radius 2 is 1.79 bits per heavy atom. The lowest BCUT2D eigenvalue weighted by molar-refractivity contribution is -0.124. The van der Waals surface area contributed by atoms with Crippen LogP contribution in [0.4, 0.5) is 5.82 Å². The van der Waals surface area contributed by atoms with Crippen molar-refractivity contribution in [1.82, 2.24) is 4.98 Å². The van der Waals surface area contributed by atoms with Gasteiger partial charge >= 0.3 is 0 Å². The fourth-order valence-electron chi connectivity index (χ4n) is 3.44. The van der Waals surface area contributed by atoms with Gasteiger partial charge in [-0.2, -0.15) is 0 Å². The van der Waals surface area contributed by atoms with Crippen LogP contribution in [-0.4, -0.2) is 29.0 Å². The van der Waals surface area contributed by atoms with Gasteiger partial charge in [0.25, 0.3) is 0 Å². The highest BCUT2D eigenvalue weighted by molar-refractivity contribution is 6.30. The summed E-state index contributed by atoms with van der Waals surface area (Å²) in [6, 6.07) is 3.23. The van der Waals surface area contributed by atoms with Gasteiger partial charge in [-0.25, -0.2) is 9.88 Å². The molecule has 2 amide bonds. The number of imide groups is 1. The van der Waals surface area contributed by atoms with Crippen molar-refractivity contribution in [2.24, 2.45) is 11.8 Å². The van der Waals surface area contributed by atoms with Crippen molar-refractivity contribution in [1.29, 1.82) is 0 Å². The van der Waals surface area contributed by atoms with E-state index in [1.54, 1.807) is 12.1 Å². The average molecular weight is 279 g/mol. The number of hydrogen-bond acceptors (Lipinski definition) is 4. The predicted molar refractivity (Wildman–Crippen MR) is 66.6 cm³/mol. The van der Waals surface area contributed by atoms with Gasteiger partial charge in [-0.1, -0.05) is 11.6 Å². The second kappa shape index (κ2) is 3.77. The molecule has 3 aliphatic heterocycles. The quantitative estimate of drug-likeness (QED) is 0.729. The van der Waals surface area contributed by atoms with Crippen LogP contribution < -0.4 is 4.90 Å². The number of nitrogens with zero attached hydrogens (tertiary/aromatic N) is 2. The number of carbonyl (C=O) groups is 2. The van der Waals surface area contributed by atoms with Gasteiger partial charge in [-0.3, -0.25) is 9.59 Å². The molecule has 1 aromatic heterocycles. The number of carbonyl (C=O) groups excluding carboxylic acids is 2. The number of rotatable bonds is 1. The molecule has 4 heterocycles. The molecule has 0 saturated carbocycles. The van der Waals surface area contributed by atoms with Crippen LogP contribution in [0.3, 0.4) is 0 Å². The summed E-state index contributed by atoms with van der Waals surface area (Å²) in [4.78, 5) is 30.1. The zero-order chi connectivity index (χ0) is 13.1. The van der Waals surface area contributed by atoms with Crippen molar-refractivity contribution in [3.8, 4) is 0 Å². The van der Waals surface area contributed by atoms with Gasteiger partial charge in [-0.05, 0) is 25.0 Å². The van der Waals surface area contributed by atoms with Crippen LogP contribution in [0, 0.1) is 11.8 Å². The van der Waals surface area contributed by atoms with Crippen molar-refractivity contribution >= 4 is 29.2 Å². The van der Waals surface area contributed by atoms with Crippen LogP contribution in [0.1, 0.15) is 12.8 Å². The van der Waals surface area contributed by atoms with Gasteiger partial charge in [0.05, 0.1) is 29.1 Å². The largest absolute Gasteiger partial charge is 0.373 e. The molecule has 0 radical (unpaired) electrons. The molecular formula is C13H11ClN2O3. The lowest BCUT2D eigenvalue weighted by atomic mass is 9.81. The van der Waals surface area contributed by atoms with E-state index in [0.29, 0.717) is 10.8 Å². The van der Waals surface area contributed by atoms with Gasteiger partial charge in [0, 0.05) is 6.20 Å². The number of fused-ring (bicyclic) bond motifs is 5. The standard InChI is InChI=1S/C13H11ClN2O3/c14-6-1-4-9(15-5-6)16-12(17)10-7-2-3-8(19-7)11(10)13(16)18/h1,4-5,7-8,10-11H,2-3H2/t7-,8+,10+,11-. The number of anilines is 1. The fraction of sp³-hybridized carbons (Fsp3) is 0.462. The second-order valence-electron chi connectivity index (χ2n) is 5.19. The zero-order valence-corrected chi connectivity index (χ0v) is 10.7. The highest BCUT2D eigenvalue weighted by Gasteiger charge is 2.62. The molecule has 2 bridgehead atoms. The van der Waals surface area contributed by atoms with Crippen LogP contribution in [0.5, 0.6) is 0 Å². The molecule has 0 aliphatic carbocycles. The lowest BCUT2D eigenvalue weighted by Crippen LogP contribution is -2.34. The van der Waals surface area contributed by atoms with Crippen LogP contribution in [-0.2, 0) is 14.3 Å². The summed E-state index contributed by atoms with van der Waals surface area (Å²) in [5.74, 6) is -0.644. The van der Waals surface area contributed by atoms with E-state index in [2.05, 4.69) is 4.98 Å². The first-order valence-electron chi connectivity index (χ1n) is 6.31. The maximum atomic E-state index is 12.4. The van der Waals surface area contributed by atoms with Crippen LogP contribution in [0.15, 0.2) is 18.3 Å². The third kappa shape index (κ3) is 1.42. The predicted octanol–water partition coefficient (Wildman–Crippen LogP) is 1.40. The van der Waals surface area contributed by atoms with E-state index in [4.69, 9.17) is 16.3 Å². The van der Waals surface area contributed by atoms with Crippen molar-refractivity contribution in [2.75, 3.05) is 4.90 Å². The molecule has 3 aliphatic rings. The Morgan fingerprint density at radius 1 is 1.16 bits per heavy atom. The average Bonchev–Trinajstić information content (AvgIpc) is 3.06. The summed E-state index contributed by atoms with van der Waals surface area (Å²) < 4.78 is 5.67. The van der Waals surface area contributed by atoms with E-state index in [-0.39, 0.29) is 35.9 Å². The number of amides is 2.